The van der Waals surface area contributed by atoms with Crippen molar-refractivity contribution < 1.29 is 13.9 Å². The molecule has 2 N–H and O–H groups in total. The van der Waals surface area contributed by atoms with Crippen molar-refractivity contribution in [3.8, 4) is 10.4 Å². The number of rotatable bonds is 4. The molecule has 1 unspecified atom stereocenters. The van der Waals surface area contributed by atoms with E-state index in [1.165, 1.54) is 23.5 Å². The summed E-state index contributed by atoms with van der Waals surface area (Å²) in [7, 11) is 3.73. The summed E-state index contributed by atoms with van der Waals surface area (Å²) in [6.45, 7) is 1.19. The van der Waals surface area contributed by atoms with Gasteiger partial charge in [0.2, 0.25) is 0 Å². The number of aromatic nitrogens is 1. The molecule has 0 aliphatic carbocycles. The summed E-state index contributed by atoms with van der Waals surface area (Å²) >= 11 is 1.40. The first kappa shape index (κ1) is 16.8. The lowest BCUT2D eigenvalue weighted by Gasteiger charge is -2.21. The van der Waals surface area contributed by atoms with Gasteiger partial charge in [-0.25, -0.2) is 9.37 Å². The van der Waals surface area contributed by atoms with Gasteiger partial charge in [0.15, 0.2) is 5.13 Å². The molecule has 0 spiro atoms. The van der Waals surface area contributed by atoms with Gasteiger partial charge in [-0.3, -0.25) is 4.79 Å². The van der Waals surface area contributed by atoms with Crippen molar-refractivity contribution >= 4 is 22.4 Å². The van der Waals surface area contributed by atoms with Gasteiger partial charge >= 0.3 is 0 Å². The molecule has 0 radical (unpaired) electrons. The zero-order valence-electron chi connectivity index (χ0n) is 13.5. The molecule has 3 rings (SSSR count). The van der Waals surface area contributed by atoms with E-state index >= 15 is 0 Å². The molecule has 0 saturated carbocycles. The third-order valence-electron chi connectivity index (χ3n) is 3.76. The summed E-state index contributed by atoms with van der Waals surface area (Å²) in [4.78, 5) is 21.6. The molecule has 1 amide bonds. The molecular formula is C16H19FN4O2S. The maximum Gasteiger partial charge on any atom is 0.276 e. The lowest BCUT2D eigenvalue weighted by molar-refractivity contribution is 0.0326. The van der Waals surface area contributed by atoms with Crippen LogP contribution in [0.2, 0.25) is 0 Å². The van der Waals surface area contributed by atoms with Gasteiger partial charge in [-0.05, 0) is 17.7 Å². The summed E-state index contributed by atoms with van der Waals surface area (Å²) < 4.78 is 18.7. The van der Waals surface area contributed by atoms with Gasteiger partial charge in [0, 0.05) is 27.2 Å². The predicted molar refractivity (Wildman–Crippen MR) is 91.7 cm³/mol. The van der Waals surface area contributed by atoms with Crippen LogP contribution in [0.4, 0.5) is 9.52 Å². The van der Waals surface area contributed by atoms with Crippen LogP contribution in [0.3, 0.4) is 0 Å². The molecule has 1 atom stereocenters. The molecule has 1 saturated heterocycles. The Morgan fingerprint density at radius 3 is 2.79 bits per heavy atom. The number of anilines is 1. The number of benzene rings is 1. The van der Waals surface area contributed by atoms with E-state index in [1.807, 2.05) is 19.0 Å². The summed E-state index contributed by atoms with van der Waals surface area (Å²) in [6, 6.07) is 6.06. The smallest absolute Gasteiger partial charge is 0.276 e. The highest BCUT2D eigenvalue weighted by molar-refractivity contribution is 7.19. The minimum Gasteiger partial charge on any atom is -0.355 e. The summed E-state index contributed by atoms with van der Waals surface area (Å²) in [6.07, 6.45) is -0.428. The average Bonchev–Trinajstić information content (AvgIpc) is 3.22. The first-order valence-corrected chi connectivity index (χ1v) is 8.39. The zero-order chi connectivity index (χ0) is 17.3. The van der Waals surface area contributed by atoms with Gasteiger partial charge in [0.25, 0.3) is 5.91 Å². The topological polar surface area (TPSA) is 71.7 Å². The van der Waals surface area contributed by atoms with E-state index in [9.17, 15) is 9.18 Å². The minimum absolute atomic E-state index is 0.216. The minimum atomic E-state index is -0.428. The Balaban J connectivity index is 2.02. The monoisotopic (exact) mass is 350 g/mol. The number of hydrogen-bond donors (Lipinski definition) is 1. The van der Waals surface area contributed by atoms with Crippen LogP contribution in [-0.2, 0) is 4.74 Å². The van der Waals surface area contributed by atoms with E-state index in [4.69, 9.17) is 10.5 Å². The fourth-order valence-corrected chi connectivity index (χ4v) is 3.51. The number of carbonyl (C=O) groups excluding carboxylic acids is 1. The van der Waals surface area contributed by atoms with Crippen LogP contribution >= 0.6 is 11.3 Å². The van der Waals surface area contributed by atoms with Crippen LogP contribution in [0.5, 0.6) is 0 Å². The highest BCUT2D eigenvalue weighted by Crippen LogP contribution is 2.35. The molecule has 1 aliphatic heterocycles. The number of nitrogens with zero attached hydrogens (tertiary/aromatic N) is 3. The van der Waals surface area contributed by atoms with Crippen molar-refractivity contribution in [2.75, 3.05) is 38.7 Å². The lowest BCUT2D eigenvalue weighted by Crippen LogP contribution is -2.41. The molecular weight excluding hydrogens is 331 g/mol. The summed E-state index contributed by atoms with van der Waals surface area (Å²) in [5.74, 6) is -0.535. The van der Waals surface area contributed by atoms with Crippen LogP contribution in [-0.4, -0.2) is 55.8 Å². The van der Waals surface area contributed by atoms with Crippen molar-refractivity contribution in [1.82, 2.24) is 9.88 Å². The molecule has 1 aromatic carbocycles. The van der Waals surface area contributed by atoms with Gasteiger partial charge < -0.3 is 20.3 Å². The van der Waals surface area contributed by atoms with E-state index < -0.39 is 6.23 Å². The number of amides is 1. The third-order valence-corrected chi connectivity index (χ3v) is 5.03. The van der Waals surface area contributed by atoms with Crippen molar-refractivity contribution in [3.63, 3.8) is 0 Å². The molecule has 2 heterocycles. The maximum atomic E-state index is 13.2. The van der Waals surface area contributed by atoms with Crippen molar-refractivity contribution in [1.29, 1.82) is 0 Å². The first-order valence-electron chi connectivity index (χ1n) is 7.58. The van der Waals surface area contributed by atoms with E-state index in [1.54, 1.807) is 17.0 Å². The molecule has 1 aromatic heterocycles. The Morgan fingerprint density at radius 1 is 1.46 bits per heavy atom. The molecule has 8 heteroatoms. The number of hydrogen-bond acceptors (Lipinski definition) is 6. The lowest BCUT2D eigenvalue weighted by atomic mass is 10.1. The van der Waals surface area contributed by atoms with Crippen molar-refractivity contribution in [3.05, 3.63) is 35.8 Å². The molecule has 6 nitrogen and oxygen atoms in total. The quantitative estimate of drug-likeness (QED) is 0.910. The summed E-state index contributed by atoms with van der Waals surface area (Å²) in [5, 5.41) is 0.710. The van der Waals surface area contributed by atoms with Crippen LogP contribution in [0.1, 0.15) is 10.5 Å². The van der Waals surface area contributed by atoms with Crippen LogP contribution < -0.4 is 10.6 Å². The number of halogens is 1. The second kappa shape index (κ2) is 6.84. The van der Waals surface area contributed by atoms with Crippen LogP contribution in [0.25, 0.3) is 10.4 Å². The van der Waals surface area contributed by atoms with E-state index in [0.29, 0.717) is 28.9 Å². The Kier molecular flexibility index (Phi) is 4.79. The fraction of sp³-hybridized carbons (Fsp3) is 0.375. The van der Waals surface area contributed by atoms with Gasteiger partial charge in [-0.15, -0.1) is 0 Å². The second-order valence-electron chi connectivity index (χ2n) is 5.64. The predicted octanol–water partition coefficient (Wildman–Crippen LogP) is 1.77. The molecule has 2 aromatic rings. The van der Waals surface area contributed by atoms with Crippen LogP contribution in [0, 0.1) is 5.82 Å². The Bertz CT molecular complexity index is 732. The number of thiazole rings is 1. The van der Waals surface area contributed by atoms with Gasteiger partial charge in [0.1, 0.15) is 17.7 Å². The average molecular weight is 350 g/mol. The summed E-state index contributed by atoms with van der Waals surface area (Å²) in [5.41, 5.74) is 6.78. The van der Waals surface area contributed by atoms with E-state index in [2.05, 4.69) is 4.98 Å². The first-order chi connectivity index (χ1) is 11.5. The van der Waals surface area contributed by atoms with Crippen molar-refractivity contribution in [2.24, 2.45) is 5.73 Å². The van der Waals surface area contributed by atoms with E-state index in [0.717, 1.165) is 5.56 Å². The van der Waals surface area contributed by atoms with E-state index in [-0.39, 0.29) is 18.3 Å². The standard InChI is InChI=1S/C16H19FN4O2S/c1-20(2)16-19-13(15(22)21-7-8-23-12(21)9-18)14(24-16)10-3-5-11(17)6-4-10/h3-6,12H,7-9,18H2,1-2H3. The number of ether oxygens (including phenoxy) is 1. The van der Waals surface area contributed by atoms with Crippen LogP contribution in [0.15, 0.2) is 24.3 Å². The Hall–Kier alpha value is -2.03. The Morgan fingerprint density at radius 2 is 2.17 bits per heavy atom. The zero-order valence-corrected chi connectivity index (χ0v) is 14.3. The number of nitrogens with two attached hydrogens (primary N) is 1. The van der Waals surface area contributed by atoms with Gasteiger partial charge in [0.05, 0.1) is 11.5 Å². The molecule has 1 fully saturated rings. The SMILES string of the molecule is CN(C)c1nc(C(=O)N2CCOC2CN)c(-c2ccc(F)cc2)s1. The Labute approximate surface area is 143 Å². The molecule has 128 valence electrons. The molecule has 0 bridgehead atoms. The highest BCUT2D eigenvalue weighted by atomic mass is 32.1. The maximum absolute atomic E-state index is 13.2. The largest absolute Gasteiger partial charge is 0.355 e. The number of carbonyl (C=O) groups is 1. The van der Waals surface area contributed by atoms with Gasteiger partial charge in [-0.2, -0.15) is 0 Å². The van der Waals surface area contributed by atoms with Crippen molar-refractivity contribution in [2.45, 2.75) is 6.23 Å². The second-order valence-corrected chi connectivity index (χ2v) is 6.61. The molecule has 1 aliphatic rings. The third kappa shape index (κ3) is 3.12. The fourth-order valence-electron chi connectivity index (χ4n) is 2.53. The highest BCUT2D eigenvalue weighted by Gasteiger charge is 2.32. The molecule has 24 heavy (non-hydrogen) atoms. The normalized spacial score (nSPS) is 17.3. The van der Waals surface area contributed by atoms with Gasteiger partial charge in [-0.1, -0.05) is 23.5 Å².